The number of aryl methyl sites for hydroxylation is 1. The SMILES string of the molecule is CCOC(=O)c1sc(-c2ccc(O)c(CN3CC[C@@]4(CCN(C)C4)C3)c2)nc1C. The van der Waals surface area contributed by atoms with Crippen molar-refractivity contribution in [1.82, 2.24) is 14.8 Å². The van der Waals surface area contributed by atoms with Crippen LogP contribution in [-0.2, 0) is 11.3 Å². The molecule has 6 nitrogen and oxygen atoms in total. The number of carbonyl (C=O) groups excluding carboxylic acids is 1. The molecule has 1 atom stereocenters. The van der Waals surface area contributed by atoms with Crippen molar-refractivity contribution < 1.29 is 14.6 Å². The van der Waals surface area contributed by atoms with Gasteiger partial charge in [0.05, 0.1) is 12.3 Å². The van der Waals surface area contributed by atoms with Gasteiger partial charge >= 0.3 is 5.97 Å². The van der Waals surface area contributed by atoms with Gasteiger partial charge in [-0.15, -0.1) is 11.3 Å². The molecule has 0 bridgehead atoms. The predicted molar refractivity (Wildman–Crippen MR) is 114 cm³/mol. The zero-order chi connectivity index (χ0) is 20.6. The molecule has 4 rings (SSSR count). The maximum Gasteiger partial charge on any atom is 0.350 e. The lowest BCUT2D eigenvalue weighted by Crippen LogP contribution is -2.29. The minimum Gasteiger partial charge on any atom is -0.508 e. The summed E-state index contributed by atoms with van der Waals surface area (Å²) in [6, 6.07) is 5.61. The van der Waals surface area contributed by atoms with E-state index in [0.29, 0.717) is 28.3 Å². The standard InChI is InChI=1S/C22H29N3O3S/c1-4-28-21(27)19-15(2)23-20(29-19)16-5-6-18(26)17(11-16)12-25-10-8-22(14-25)7-9-24(3)13-22/h5-6,11,26H,4,7-10,12-14H2,1-3H3/t22-/m1/s1. The number of nitrogens with zero attached hydrogens (tertiary/aromatic N) is 3. The first-order chi connectivity index (χ1) is 13.9. The molecule has 29 heavy (non-hydrogen) atoms. The number of rotatable bonds is 5. The van der Waals surface area contributed by atoms with E-state index in [0.717, 1.165) is 35.8 Å². The molecule has 2 saturated heterocycles. The van der Waals surface area contributed by atoms with Crippen molar-refractivity contribution in [1.29, 1.82) is 0 Å². The lowest BCUT2D eigenvalue weighted by atomic mass is 9.86. The van der Waals surface area contributed by atoms with Crippen molar-refractivity contribution in [3.05, 3.63) is 34.3 Å². The van der Waals surface area contributed by atoms with E-state index in [1.54, 1.807) is 13.0 Å². The number of aromatic hydroxyl groups is 1. The Morgan fingerprint density at radius 3 is 2.83 bits per heavy atom. The Kier molecular flexibility index (Phi) is 5.64. The van der Waals surface area contributed by atoms with Crippen LogP contribution in [0.15, 0.2) is 18.2 Å². The fraction of sp³-hybridized carbons (Fsp3) is 0.545. The Morgan fingerprint density at radius 1 is 1.31 bits per heavy atom. The summed E-state index contributed by atoms with van der Waals surface area (Å²) in [6.07, 6.45) is 2.49. The summed E-state index contributed by atoms with van der Waals surface area (Å²) in [5.41, 5.74) is 2.94. The van der Waals surface area contributed by atoms with Gasteiger partial charge in [-0.2, -0.15) is 0 Å². The van der Waals surface area contributed by atoms with E-state index < -0.39 is 0 Å². The number of hydrogen-bond donors (Lipinski definition) is 1. The predicted octanol–water partition coefficient (Wildman–Crippen LogP) is 3.53. The van der Waals surface area contributed by atoms with Crippen molar-refractivity contribution in [2.45, 2.75) is 33.2 Å². The average Bonchev–Trinajstić information content (AvgIpc) is 3.37. The van der Waals surface area contributed by atoms with Gasteiger partial charge in [0, 0.05) is 30.8 Å². The van der Waals surface area contributed by atoms with Gasteiger partial charge in [-0.1, -0.05) is 0 Å². The number of esters is 1. The number of hydrogen-bond acceptors (Lipinski definition) is 7. The van der Waals surface area contributed by atoms with Crippen molar-refractivity contribution >= 4 is 17.3 Å². The molecule has 0 radical (unpaired) electrons. The molecule has 0 saturated carbocycles. The smallest absolute Gasteiger partial charge is 0.350 e. The van der Waals surface area contributed by atoms with E-state index in [9.17, 15) is 9.90 Å². The molecule has 1 aromatic heterocycles. The van der Waals surface area contributed by atoms with Gasteiger partial charge in [0.1, 0.15) is 15.6 Å². The highest BCUT2D eigenvalue weighted by atomic mass is 32.1. The average molecular weight is 416 g/mol. The van der Waals surface area contributed by atoms with Crippen molar-refractivity contribution in [2.75, 3.05) is 39.8 Å². The van der Waals surface area contributed by atoms with Crippen LogP contribution in [0.3, 0.4) is 0 Å². The van der Waals surface area contributed by atoms with Crippen LogP contribution < -0.4 is 0 Å². The Hall–Kier alpha value is -1.96. The van der Waals surface area contributed by atoms with Gasteiger partial charge < -0.3 is 14.7 Å². The van der Waals surface area contributed by atoms with E-state index >= 15 is 0 Å². The molecule has 1 N–H and O–H groups in total. The number of phenols is 1. The fourth-order valence-electron chi connectivity index (χ4n) is 4.65. The maximum absolute atomic E-state index is 12.1. The van der Waals surface area contributed by atoms with E-state index in [1.165, 1.54) is 37.3 Å². The summed E-state index contributed by atoms with van der Waals surface area (Å²) >= 11 is 1.35. The molecule has 3 heterocycles. The lowest BCUT2D eigenvalue weighted by Gasteiger charge is -2.24. The summed E-state index contributed by atoms with van der Waals surface area (Å²) in [6.45, 7) is 9.22. The van der Waals surface area contributed by atoms with Gasteiger partial charge in [0.25, 0.3) is 0 Å². The molecule has 1 aromatic carbocycles. The highest BCUT2D eigenvalue weighted by Crippen LogP contribution is 2.40. The minimum atomic E-state index is -0.323. The lowest BCUT2D eigenvalue weighted by molar-refractivity contribution is 0.0531. The van der Waals surface area contributed by atoms with E-state index in [-0.39, 0.29) is 5.97 Å². The summed E-state index contributed by atoms with van der Waals surface area (Å²) in [5.74, 6) is -0.00576. The number of likely N-dealkylation sites (tertiary alicyclic amines) is 2. The number of carbonyl (C=O) groups is 1. The second-order valence-corrected chi connectivity index (χ2v) is 9.45. The third kappa shape index (κ3) is 4.17. The largest absolute Gasteiger partial charge is 0.508 e. The molecule has 0 amide bonds. The zero-order valence-corrected chi connectivity index (χ0v) is 18.2. The van der Waals surface area contributed by atoms with Crippen LogP contribution in [0.4, 0.5) is 0 Å². The molecule has 2 aromatic rings. The fourth-order valence-corrected chi connectivity index (χ4v) is 5.60. The molecule has 156 valence electrons. The van der Waals surface area contributed by atoms with Crippen LogP contribution in [0.2, 0.25) is 0 Å². The highest BCUT2D eigenvalue weighted by Gasteiger charge is 2.42. The Morgan fingerprint density at radius 2 is 2.10 bits per heavy atom. The molecule has 0 unspecified atom stereocenters. The summed E-state index contributed by atoms with van der Waals surface area (Å²) in [4.78, 5) is 22.1. The molecule has 2 aliphatic rings. The molecule has 2 fully saturated rings. The first-order valence-electron chi connectivity index (χ1n) is 10.3. The Bertz CT molecular complexity index is 913. The summed E-state index contributed by atoms with van der Waals surface area (Å²) in [5, 5.41) is 11.2. The molecule has 2 aliphatic heterocycles. The highest BCUT2D eigenvalue weighted by molar-refractivity contribution is 7.17. The molecular weight excluding hydrogens is 386 g/mol. The normalized spacial score (nSPS) is 22.6. The third-order valence-electron chi connectivity index (χ3n) is 6.12. The van der Waals surface area contributed by atoms with Crippen LogP contribution in [0.1, 0.15) is 40.7 Å². The first kappa shape index (κ1) is 20.3. The number of thiazole rings is 1. The molecular formula is C22H29N3O3S. The van der Waals surface area contributed by atoms with E-state index in [1.807, 2.05) is 19.1 Å². The number of aromatic nitrogens is 1. The van der Waals surface area contributed by atoms with Crippen molar-refractivity contribution in [2.24, 2.45) is 5.41 Å². The maximum atomic E-state index is 12.1. The van der Waals surface area contributed by atoms with Gasteiger partial charge in [0.2, 0.25) is 0 Å². The van der Waals surface area contributed by atoms with Crippen LogP contribution in [0.25, 0.3) is 10.6 Å². The Balaban J connectivity index is 1.51. The monoisotopic (exact) mass is 415 g/mol. The van der Waals surface area contributed by atoms with E-state index in [2.05, 4.69) is 21.8 Å². The number of ether oxygens (including phenoxy) is 1. The van der Waals surface area contributed by atoms with Gasteiger partial charge in [0.15, 0.2) is 0 Å². The number of benzene rings is 1. The summed E-state index contributed by atoms with van der Waals surface area (Å²) in [7, 11) is 2.20. The van der Waals surface area contributed by atoms with Gasteiger partial charge in [-0.05, 0) is 70.4 Å². The van der Waals surface area contributed by atoms with Gasteiger partial charge in [-0.25, -0.2) is 9.78 Å². The van der Waals surface area contributed by atoms with Gasteiger partial charge in [-0.3, -0.25) is 4.90 Å². The van der Waals surface area contributed by atoms with Crippen LogP contribution in [0, 0.1) is 12.3 Å². The molecule has 0 aliphatic carbocycles. The first-order valence-corrected chi connectivity index (χ1v) is 11.1. The third-order valence-corrected chi connectivity index (χ3v) is 7.31. The minimum absolute atomic E-state index is 0.317. The van der Waals surface area contributed by atoms with Crippen molar-refractivity contribution in [3.8, 4) is 16.3 Å². The van der Waals surface area contributed by atoms with Crippen LogP contribution in [-0.4, -0.2) is 65.7 Å². The van der Waals surface area contributed by atoms with E-state index in [4.69, 9.17) is 4.74 Å². The topological polar surface area (TPSA) is 65.9 Å². The number of phenolic OH excluding ortho intramolecular Hbond substituents is 1. The van der Waals surface area contributed by atoms with Crippen LogP contribution in [0.5, 0.6) is 5.75 Å². The molecule has 1 spiro atoms. The van der Waals surface area contributed by atoms with Crippen LogP contribution >= 0.6 is 11.3 Å². The second-order valence-electron chi connectivity index (χ2n) is 8.45. The zero-order valence-electron chi connectivity index (χ0n) is 17.4. The summed E-state index contributed by atoms with van der Waals surface area (Å²) < 4.78 is 5.12. The quantitative estimate of drug-likeness (QED) is 0.754. The molecule has 7 heteroatoms. The Labute approximate surface area is 176 Å². The van der Waals surface area contributed by atoms with Crippen molar-refractivity contribution in [3.63, 3.8) is 0 Å². The second kappa shape index (κ2) is 8.05.